The lowest BCUT2D eigenvalue weighted by atomic mass is 10.2. The fourth-order valence-electron chi connectivity index (χ4n) is 1.74. The molecule has 0 spiro atoms. The number of rotatable bonds is 3. The van der Waals surface area contributed by atoms with E-state index < -0.39 is 5.97 Å². The van der Waals surface area contributed by atoms with Gasteiger partial charge in [-0.25, -0.2) is 4.79 Å². The standard InChI is InChI=1S/C16H28O7/c1-14(2)16(17)23-13-15-11-21-9-7-19-5-3-18-4-6-20-8-10-22-12-15/h15H,1,3-13H2,2H3. The van der Waals surface area contributed by atoms with Crippen molar-refractivity contribution in [1.29, 1.82) is 0 Å². The molecule has 0 radical (unpaired) electrons. The Kier molecular flexibility index (Phi) is 11.7. The average Bonchev–Trinajstić information content (AvgIpc) is 2.53. The van der Waals surface area contributed by atoms with Gasteiger partial charge in [0.15, 0.2) is 0 Å². The normalized spacial score (nSPS) is 20.7. The highest BCUT2D eigenvalue weighted by Gasteiger charge is 2.13. The fraction of sp³-hybridized carbons (Fsp3) is 0.812. The van der Waals surface area contributed by atoms with Crippen molar-refractivity contribution in [2.45, 2.75) is 6.92 Å². The molecule has 23 heavy (non-hydrogen) atoms. The lowest BCUT2D eigenvalue weighted by Gasteiger charge is -2.18. The van der Waals surface area contributed by atoms with Crippen molar-refractivity contribution in [2.24, 2.45) is 5.92 Å². The zero-order chi connectivity index (χ0) is 16.8. The van der Waals surface area contributed by atoms with Gasteiger partial charge in [0, 0.05) is 11.5 Å². The number of hydrogen-bond acceptors (Lipinski definition) is 7. The van der Waals surface area contributed by atoms with Crippen LogP contribution in [0.15, 0.2) is 12.2 Å². The SMILES string of the molecule is C=C(C)C(=O)OCC1COCCOCCOCCOCCOC1. The molecule has 0 aromatic heterocycles. The van der Waals surface area contributed by atoms with Gasteiger partial charge in [-0.1, -0.05) is 6.58 Å². The summed E-state index contributed by atoms with van der Waals surface area (Å²) in [7, 11) is 0. The van der Waals surface area contributed by atoms with Gasteiger partial charge in [-0.15, -0.1) is 0 Å². The molecule has 1 rings (SSSR count). The first kappa shape index (κ1) is 20.1. The van der Waals surface area contributed by atoms with Crippen LogP contribution in [0.1, 0.15) is 6.92 Å². The molecule has 1 fully saturated rings. The van der Waals surface area contributed by atoms with E-state index in [1.165, 1.54) is 0 Å². The molecule has 0 bridgehead atoms. The Labute approximate surface area is 137 Å². The average molecular weight is 332 g/mol. The Morgan fingerprint density at radius 1 is 0.870 bits per heavy atom. The van der Waals surface area contributed by atoms with Crippen LogP contribution in [0.4, 0.5) is 0 Å². The summed E-state index contributed by atoms with van der Waals surface area (Å²) >= 11 is 0. The Hall–Kier alpha value is -0.990. The second kappa shape index (κ2) is 13.4. The zero-order valence-electron chi connectivity index (χ0n) is 13.9. The predicted octanol–water partition coefficient (Wildman–Crippen LogP) is 0.819. The number of ether oxygens (including phenoxy) is 6. The van der Waals surface area contributed by atoms with Gasteiger partial charge < -0.3 is 28.4 Å². The molecule has 0 amide bonds. The third-order valence-electron chi connectivity index (χ3n) is 2.99. The third kappa shape index (κ3) is 11.2. The van der Waals surface area contributed by atoms with E-state index >= 15 is 0 Å². The molecule has 0 aliphatic carbocycles. The summed E-state index contributed by atoms with van der Waals surface area (Å²) in [6.07, 6.45) is 0. The minimum absolute atomic E-state index is 0.0328. The van der Waals surface area contributed by atoms with Crippen LogP contribution >= 0.6 is 0 Å². The molecule has 0 N–H and O–H groups in total. The minimum atomic E-state index is -0.399. The first-order valence-electron chi connectivity index (χ1n) is 7.91. The van der Waals surface area contributed by atoms with Crippen LogP contribution in [0.5, 0.6) is 0 Å². The Bertz CT molecular complexity index is 316. The van der Waals surface area contributed by atoms with Crippen LogP contribution < -0.4 is 0 Å². The van der Waals surface area contributed by atoms with Crippen molar-refractivity contribution >= 4 is 5.97 Å². The molecule has 134 valence electrons. The monoisotopic (exact) mass is 332 g/mol. The largest absolute Gasteiger partial charge is 0.462 e. The van der Waals surface area contributed by atoms with Gasteiger partial charge in [-0.3, -0.25) is 0 Å². The number of carbonyl (C=O) groups is 1. The van der Waals surface area contributed by atoms with E-state index in [2.05, 4.69) is 6.58 Å². The molecule has 0 aromatic rings. The summed E-state index contributed by atoms with van der Waals surface area (Å²) in [5.41, 5.74) is 0.379. The van der Waals surface area contributed by atoms with Crippen molar-refractivity contribution in [3.8, 4) is 0 Å². The predicted molar refractivity (Wildman–Crippen MR) is 83.4 cm³/mol. The van der Waals surface area contributed by atoms with Gasteiger partial charge in [0.25, 0.3) is 0 Å². The summed E-state index contributed by atoms with van der Waals surface area (Å²) in [5, 5.41) is 0. The van der Waals surface area contributed by atoms with E-state index in [0.717, 1.165) is 0 Å². The highest BCUT2D eigenvalue weighted by atomic mass is 16.6. The molecule has 1 saturated heterocycles. The maximum atomic E-state index is 11.5. The number of hydrogen-bond donors (Lipinski definition) is 0. The maximum absolute atomic E-state index is 11.5. The van der Waals surface area contributed by atoms with E-state index in [-0.39, 0.29) is 12.5 Å². The van der Waals surface area contributed by atoms with Crippen molar-refractivity contribution in [1.82, 2.24) is 0 Å². The van der Waals surface area contributed by atoms with Crippen LogP contribution in [0.2, 0.25) is 0 Å². The van der Waals surface area contributed by atoms with Crippen LogP contribution in [0.3, 0.4) is 0 Å². The zero-order valence-corrected chi connectivity index (χ0v) is 13.9. The van der Waals surface area contributed by atoms with E-state index in [9.17, 15) is 4.79 Å². The fourth-order valence-corrected chi connectivity index (χ4v) is 1.74. The Morgan fingerprint density at radius 3 is 1.65 bits per heavy atom. The molecule has 0 saturated carbocycles. The van der Waals surface area contributed by atoms with Crippen molar-refractivity contribution in [2.75, 3.05) is 72.7 Å². The molecule has 1 aliphatic heterocycles. The summed E-state index contributed by atoms with van der Waals surface area (Å²) in [5.74, 6) is -0.432. The highest BCUT2D eigenvalue weighted by molar-refractivity contribution is 5.86. The molecular formula is C16H28O7. The lowest BCUT2D eigenvalue weighted by Crippen LogP contribution is -2.25. The molecule has 7 nitrogen and oxygen atoms in total. The van der Waals surface area contributed by atoms with E-state index in [1.807, 2.05) is 0 Å². The van der Waals surface area contributed by atoms with Crippen LogP contribution in [0.25, 0.3) is 0 Å². The van der Waals surface area contributed by atoms with Crippen molar-refractivity contribution in [3.05, 3.63) is 12.2 Å². The van der Waals surface area contributed by atoms with E-state index in [1.54, 1.807) is 6.92 Å². The second-order valence-electron chi connectivity index (χ2n) is 5.23. The summed E-state index contributed by atoms with van der Waals surface area (Å²) in [6, 6.07) is 0. The van der Waals surface area contributed by atoms with Gasteiger partial charge in [0.05, 0.1) is 72.7 Å². The lowest BCUT2D eigenvalue weighted by molar-refractivity contribution is -0.142. The van der Waals surface area contributed by atoms with E-state index in [4.69, 9.17) is 28.4 Å². The van der Waals surface area contributed by atoms with Crippen LogP contribution in [0, 0.1) is 5.92 Å². The van der Waals surface area contributed by atoms with Gasteiger partial charge in [-0.05, 0) is 6.92 Å². The maximum Gasteiger partial charge on any atom is 0.333 e. The van der Waals surface area contributed by atoms with Crippen molar-refractivity contribution < 1.29 is 33.2 Å². The van der Waals surface area contributed by atoms with E-state index in [0.29, 0.717) is 71.6 Å². The Balaban J connectivity index is 2.31. The summed E-state index contributed by atoms with van der Waals surface area (Å²) in [6.45, 7) is 10.4. The summed E-state index contributed by atoms with van der Waals surface area (Å²) < 4.78 is 32.4. The molecule has 0 unspecified atom stereocenters. The second-order valence-corrected chi connectivity index (χ2v) is 5.23. The first-order chi connectivity index (χ1) is 11.2. The smallest absolute Gasteiger partial charge is 0.333 e. The van der Waals surface area contributed by atoms with Crippen molar-refractivity contribution in [3.63, 3.8) is 0 Å². The van der Waals surface area contributed by atoms with Crippen LogP contribution in [-0.4, -0.2) is 78.6 Å². The molecule has 1 aliphatic rings. The Morgan fingerprint density at radius 2 is 1.26 bits per heavy atom. The molecule has 7 heteroatoms. The van der Waals surface area contributed by atoms with Gasteiger partial charge >= 0.3 is 5.97 Å². The van der Waals surface area contributed by atoms with Gasteiger partial charge in [0.1, 0.15) is 0 Å². The number of esters is 1. The van der Waals surface area contributed by atoms with Gasteiger partial charge in [-0.2, -0.15) is 0 Å². The minimum Gasteiger partial charge on any atom is -0.462 e. The third-order valence-corrected chi connectivity index (χ3v) is 2.99. The highest BCUT2D eigenvalue weighted by Crippen LogP contribution is 2.03. The quantitative estimate of drug-likeness (QED) is 0.559. The molecule has 0 atom stereocenters. The number of carbonyl (C=O) groups excluding carboxylic acids is 1. The topological polar surface area (TPSA) is 72.5 Å². The first-order valence-corrected chi connectivity index (χ1v) is 7.91. The van der Waals surface area contributed by atoms with Gasteiger partial charge in [0.2, 0.25) is 0 Å². The van der Waals surface area contributed by atoms with Crippen LogP contribution in [-0.2, 0) is 33.2 Å². The summed E-state index contributed by atoms with van der Waals surface area (Å²) in [4.78, 5) is 11.5. The molecular weight excluding hydrogens is 304 g/mol. The molecule has 1 heterocycles. The molecule has 0 aromatic carbocycles.